The van der Waals surface area contributed by atoms with Crippen LogP contribution in [0.2, 0.25) is 0 Å². The standard InChI is InChI=1S/C58H49N4O.Ir/c1-38(2)50-33-54(44-14-8-6-9-15-44)61-36-46(50)27-24-42-30-41(31-43(32-42)25-28-47-37-62-55(34-51(47)39(3)4)45-16-10-7-11-17-45)23-22-40-26-29-52(60-35-40)48-18-12-19-49-57-53(59-5)20-13-21-56(57)63-58(48)49;/h6-14,16,19-21,26,29-39H,22-25,27-28H2,1-4H3;/q-3;+3/i22D2,23D2,24D2,25D2,27D2,28D2;. The monoisotopic (exact) mass is 1020 g/mol. The summed E-state index contributed by atoms with van der Waals surface area (Å²) < 4.78 is 122. The molecule has 0 aliphatic heterocycles. The molecule has 6 heteroatoms. The Hall–Kier alpha value is -6.51. The number of furan rings is 1. The van der Waals surface area contributed by atoms with Crippen molar-refractivity contribution < 1.29 is 41.0 Å². The van der Waals surface area contributed by atoms with E-state index in [9.17, 15) is 16.4 Å². The summed E-state index contributed by atoms with van der Waals surface area (Å²) in [5.74, 6) is -0.698. The summed E-state index contributed by atoms with van der Waals surface area (Å²) in [6, 6.07) is 41.3. The molecule has 316 valence electrons. The Balaban J connectivity index is 0.00000765. The van der Waals surface area contributed by atoms with Crippen molar-refractivity contribution in [3.05, 3.63) is 214 Å². The van der Waals surface area contributed by atoms with Gasteiger partial charge in [0.1, 0.15) is 5.58 Å². The number of pyridine rings is 3. The van der Waals surface area contributed by atoms with E-state index in [1.54, 1.807) is 78.9 Å². The van der Waals surface area contributed by atoms with Crippen molar-refractivity contribution in [1.82, 2.24) is 15.0 Å². The van der Waals surface area contributed by atoms with Crippen LogP contribution >= 0.6 is 0 Å². The molecule has 9 rings (SSSR count). The number of nitrogens with zero attached hydrogens (tertiary/aromatic N) is 4. The Kier molecular flexibility index (Phi) is 9.75. The predicted molar refractivity (Wildman–Crippen MR) is 256 cm³/mol. The van der Waals surface area contributed by atoms with E-state index in [4.69, 9.17) is 11.0 Å². The first-order valence-electron chi connectivity index (χ1n) is 26.7. The van der Waals surface area contributed by atoms with Crippen LogP contribution in [0.5, 0.6) is 0 Å². The Morgan fingerprint density at radius 2 is 1.14 bits per heavy atom. The van der Waals surface area contributed by atoms with E-state index < -0.39 is 54.9 Å². The van der Waals surface area contributed by atoms with Gasteiger partial charge in [0.2, 0.25) is 0 Å². The fraction of sp³-hybridized carbons (Fsp3) is 0.207. The second kappa shape index (κ2) is 19.9. The molecule has 0 fully saturated rings. The maximum Gasteiger partial charge on any atom is 3.00 e. The summed E-state index contributed by atoms with van der Waals surface area (Å²) in [5.41, 5.74) is 2.79. The maximum atomic E-state index is 9.70. The third kappa shape index (κ3) is 9.68. The molecule has 64 heavy (non-hydrogen) atoms. The molecule has 4 aromatic heterocycles. The Morgan fingerprint density at radius 1 is 0.578 bits per heavy atom. The maximum absolute atomic E-state index is 9.70. The molecule has 9 aromatic rings. The minimum Gasteiger partial charge on any atom is -0.502 e. The minimum absolute atomic E-state index is 0. The van der Waals surface area contributed by atoms with Gasteiger partial charge in [0.05, 0.1) is 12.2 Å². The van der Waals surface area contributed by atoms with Gasteiger partial charge in [-0.3, -0.25) is 0 Å². The van der Waals surface area contributed by atoms with Crippen LogP contribution in [0.3, 0.4) is 0 Å². The van der Waals surface area contributed by atoms with Crippen LogP contribution in [0.15, 0.2) is 144 Å². The zero-order valence-corrected chi connectivity index (χ0v) is 37.9. The van der Waals surface area contributed by atoms with Gasteiger partial charge in [-0.05, 0) is 118 Å². The van der Waals surface area contributed by atoms with E-state index in [1.807, 2.05) is 39.8 Å². The fourth-order valence-electron chi connectivity index (χ4n) is 7.44. The van der Waals surface area contributed by atoms with Gasteiger partial charge >= 0.3 is 20.1 Å². The van der Waals surface area contributed by atoms with Gasteiger partial charge in [-0.1, -0.05) is 93.2 Å². The van der Waals surface area contributed by atoms with Crippen LogP contribution < -0.4 is 0 Å². The van der Waals surface area contributed by atoms with Crippen LogP contribution in [0, 0.1) is 24.8 Å². The summed E-state index contributed by atoms with van der Waals surface area (Å²) in [5, 5.41) is 1.26. The number of hydrogen-bond acceptors (Lipinski definition) is 4. The average molecular weight is 1020 g/mol. The molecular weight excluding hydrogens is 961 g/mol. The zero-order chi connectivity index (χ0) is 54.0. The molecule has 0 saturated heterocycles. The van der Waals surface area contributed by atoms with E-state index >= 15 is 0 Å². The molecule has 0 radical (unpaired) electrons. The first-order chi connectivity index (χ1) is 35.3. The summed E-state index contributed by atoms with van der Waals surface area (Å²) in [4.78, 5) is 17.2. The first-order valence-corrected chi connectivity index (χ1v) is 20.7. The second-order valence-corrected chi connectivity index (χ2v) is 15.6. The second-order valence-electron chi connectivity index (χ2n) is 15.6. The number of aryl methyl sites for hydroxylation is 6. The van der Waals surface area contributed by atoms with Gasteiger partial charge in [-0.25, -0.2) is 4.85 Å². The fourth-order valence-corrected chi connectivity index (χ4v) is 7.44. The normalized spacial score (nSPS) is 15.5. The molecule has 0 saturated carbocycles. The molecule has 5 nitrogen and oxygen atoms in total. The molecule has 0 bridgehead atoms. The van der Waals surface area contributed by atoms with E-state index in [1.165, 1.54) is 24.5 Å². The number of aromatic nitrogens is 3. The summed E-state index contributed by atoms with van der Waals surface area (Å²) in [6.07, 6.45) is -14.6. The molecule has 4 heterocycles. The van der Waals surface area contributed by atoms with Crippen molar-refractivity contribution in [3.63, 3.8) is 0 Å². The molecule has 5 aromatic carbocycles. The van der Waals surface area contributed by atoms with E-state index in [0.717, 1.165) is 24.4 Å². The molecule has 0 aliphatic rings. The van der Waals surface area contributed by atoms with Gasteiger partial charge in [0.25, 0.3) is 0 Å². The molecule has 0 aliphatic carbocycles. The molecular formula is C58H49IrN4O. The van der Waals surface area contributed by atoms with Crippen molar-refractivity contribution in [1.29, 1.82) is 0 Å². The van der Waals surface area contributed by atoms with Crippen LogP contribution in [-0.2, 0) is 58.3 Å². The van der Waals surface area contributed by atoms with Gasteiger partial charge in [0.15, 0.2) is 5.69 Å². The third-order valence-electron chi connectivity index (χ3n) is 10.6. The van der Waals surface area contributed by atoms with Crippen molar-refractivity contribution in [3.8, 4) is 33.8 Å². The van der Waals surface area contributed by atoms with Crippen molar-refractivity contribution in [2.24, 2.45) is 0 Å². The van der Waals surface area contributed by atoms with Gasteiger partial charge in [-0.2, -0.15) is 0 Å². The van der Waals surface area contributed by atoms with E-state index in [2.05, 4.69) is 38.0 Å². The van der Waals surface area contributed by atoms with E-state index in [-0.39, 0.29) is 48.6 Å². The van der Waals surface area contributed by atoms with Crippen molar-refractivity contribution in [2.45, 2.75) is 77.8 Å². The van der Waals surface area contributed by atoms with Crippen LogP contribution in [-0.4, -0.2) is 15.0 Å². The molecule has 0 unspecified atom stereocenters. The number of hydrogen-bond donors (Lipinski definition) is 0. The zero-order valence-electron chi connectivity index (χ0n) is 47.5. The Labute approximate surface area is 407 Å². The minimum atomic E-state index is -3.15. The predicted octanol–water partition coefficient (Wildman–Crippen LogP) is 14.3. The summed E-state index contributed by atoms with van der Waals surface area (Å²) in [6.45, 7) is 15.0. The summed E-state index contributed by atoms with van der Waals surface area (Å²) >= 11 is 0. The molecule has 0 spiro atoms. The van der Waals surface area contributed by atoms with Crippen molar-refractivity contribution >= 4 is 27.6 Å². The molecule has 0 atom stereocenters. The van der Waals surface area contributed by atoms with Gasteiger partial charge in [-0.15, -0.1) is 90.0 Å². The van der Waals surface area contributed by atoms with Crippen LogP contribution in [0.25, 0.3) is 60.6 Å². The SMILES string of the molecule is [2H]C([2H])(c1ccc(-c2[c-]ccc3c2oc2cccc([N+]#[C-])c23)nc1)C([2H])([2H])c1cc(C([2H])([2H])C([2H])([2H])c2cnc(-c3[c-]cccc3)cc2C(C)C)cc(C([2H])([2H])C([2H])([2H])c2cnc(-c3[c-]cccc3)cc2C(C)C)c1.[Ir+3]. The quantitative estimate of drug-likeness (QED) is 0.102. The topological polar surface area (TPSA) is 56.2 Å². The number of fused-ring (bicyclic) bond motifs is 3. The average Bonchev–Trinajstić information content (AvgIpc) is 3.80. The van der Waals surface area contributed by atoms with Gasteiger partial charge < -0.3 is 19.4 Å². The Morgan fingerprint density at radius 3 is 1.66 bits per heavy atom. The molecule has 0 N–H and O–H groups in total. The number of benzene rings is 5. The largest absolute Gasteiger partial charge is 3.00 e. The summed E-state index contributed by atoms with van der Waals surface area (Å²) in [7, 11) is 0. The van der Waals surface area contributed by atoms with Crippen molar-refractivity contribution in [2.75, 3.05) is 0 Å². The number of rotatable bonds is 14. The Bertz CT molecular complexity index is 3520. The van der Waals surface area contributed by atoms with Crippen LogP contribution in [0.1, 0.15) is 100 Å². The first kappa shape index (κ1) is 31.4. The van der Waals surface area contributed by atoms with Crippen LogP contribution in [0.4, 0.5) is 5.69 Å². The third-order valence-corrected chi connectivity index (χ3v) is 10.6. The smallest absolute Gasteiger partial charge is 0.502 e. The van der Waals surface area contributed by atoms with Gasteiger partial charge in [0, 0.05) is 40.4 Å². The molecule has 0 amide bonds. The van der Waals surface area contributed by atoms with E-state index in [0.29, 0.717) is 72.5 Å².